The van der Waals surface area contributed by atoms with Crippen LogP contribution in [0.25, 0.3) is 0 Å². The molecule has 2 rings (SSSR count). The van der Waals surface area contributed by atoms with E-state index in [9.17, 15) is 19.8 Å². The number of hydrogen-bond acceptors (Lipinski definition) is 6. The molecule has 0 aliphatic carbocycles. The smallest absolute Gasteiger partial charge is 0.333 e. The summed E-state index contributed by atoms with van der Waals surface area (Å²) < 4.78 is 8.82. The van der Waals surface area contributed by atoms with E-state index in [0.29, 0.717) is 0 Å². The van der Waals surface area contributed by atoms with Crippen LogP contribution in [0.15, 0.2) is 24.3 Å². The zero-order valence-corrected chi connectivity index (χ0v) is 6.84. The Kier molecular flexibility index (Phi) is 1.55. The monoisotopic (exact) mass is 198 g/mol. The maximum atomic E-state index is 10.7. The lowest BCUT2D eigenvalue weighted by atomic mass is 10.1. The van der Waals surface area contributed by atoms with Gasteiger partial charge in [-0.3, -0.25) is 0 Å². The van der Waals surface area contributed by atoms with Crippen LogP contribution in [-0.2, 0) is 19.1 Å². The lowest BCUT2D eigenvalue weighted by molar-refractivity contribution is -0.307. The molecule has 6 nitrogen and oxygen atoms in total. The summed E-state index contributed by atoms with van der Waals surface area (Å²) in [6.07, 6.45) is 3.69. The number of rotatable bonds is 1. The molecule has 0 aromatic heterocycles. The van der Waals surface area contributed by atoms with Crippen LogP contribution in [0, 0.1) is 0 Å². The fraction of sp³-hybridized carbons (Fsp3) is 0.250. The summed E-state index contributed by atoms with van der Waals surface area (Å²) in [5.74, 6) is -6.33. The second kappa shape index (κ2) is 2.43. The first-order valence-corrected chi connectivity index (χ1v) is 3.74. The van der Waals surface area contributed by atoms with Crippen LogP contribution in [0.4, 0.5) is 0 Å². The zero-order chi connectivity index (χ0) is 10.4. The van der Waals surface area contributed by atoms with Gasteiger partial charge in [-0.05, 0) is 0 Å². The second-order valence-electron chi connectivity index (χ2n) is 2.90. The fourth-order valence-electron chi connectivity index (χ4n) is 1.19. The standard InChI is InChI=1S/C8H6O6/c9-5-1-3-7(11,13-5)8(12)4-2-6(10)14-8/h1-4,11-12H. The minimum Gasteiger partial charge on any atom is -0.418 e. The fourth-order valence-corrected chi connectivity index (χ4v) is 1.19. The highest BCUT2D eigenvalue weighted by molar-refractivity contribution is 5.87. The topological polar surface area (TPSA) is 93.1 Å². The van der Waals surface area contributed by atoms with E-state index in [1.54, 1.807) is 0 Å². The van der Waals surface area contributed by atoms with E-state index in [0.717, 1.165) is 24.3 Å². The molecule has 6 heteroatoms. The molecule has 0 aromatic carbocycles. The van der Waals surface area contributed by atoms with Gasteiger partial charge >= 0.3 is 23.5 Å². The van der Waals surface area contributed by atoms with Crippen molar-refractivity contribution >= 4 is 11.9 Å². The van der Waals surface area contributed by atoms with Gasteiger partial charge in [0.1, 0.15) is 0 Å². The number of ether oxygens (including phenoxy) is 2. The Morgan fingerprint density at radius 1 is 0.929 bits per heavy atom. The Labute approximate surface area is 78.0 Å². The van der Waals surface area contributed by atoms with Crippen molar-refractivity contribution in [3.05, 3.63) is 24.3 Å². The van der Waals surface area contributed by atoms with Crippen molar-refractivity contribution < 1.29 is 29.3 Å². The molecular formula is C8H6O6. The molecule has 2 atom stereocenters. The zero-order valence-electron chi connectivity index (χ0n) is 6.84. The van der Waals surface area contributed by atoms with Crippen LogP contribution in [0.3, 0.4) is 0 Å². The highest BCUT2D eigenvalue weighted by Gasteiger charge is 2.57. The molecule has 0 bridgehead atoms. The van der Waals surface area contributed by atoms with Gasteiger partial charge in [-0.1, -0.05) is 0 Å². The quantitative estimate of drug-likeness (QED) is 0.503. The van der Waals surface area contributed by atoms with Crippen LogP contribution >= 0.6 is 0 Å². The normalized spacial score (nSPS) is 40.1. The van der Waals surface area contributed by atoms with Crippen LogP contribution < -0.4 is 0 Å². The molecule has 2 N–H and O–H groups in total. The van der Waals surface area contributed by atoms with E-state index in [-0.39, 0.29) is 0 Å². The molecule has 74 valence electrons. The van der Waals surface area contributed by atoms with Gasteiger partial charge in [-0.15, -0.1) is 0 Å². The first-order chi connectivity index (χ1) is 6.45. The van der Waals surface area contributed by atoms with Crippen LogP contribution in [0.2, 0.25) is 0 Å². The summed E-state index contributed by atoms with van der Waals surface area (Å²) in [7, 11) is 0. The van der Waals surface area contributed by atoms with Gasteiger partial charge in [0.2, 0.25) is 0 Å². The first kappa shape index (κ1) is 8.92. The first-order valence-electron chi connectivity index (χ1n) is 3.74. The van der Waals surface area contributed by atoms with Crippen molar-refractivity contribution in [2.45, 2.75) is 11.6 Å². The van der Waals surface area contributed by atoms with Gasteiger partial charge in [0.25, 0.3) is 0 Å². The summed E-state index contributed by atoms with van der Waals surface area (Å²) >= 11 is 0. The van der Waals surface area contributed by atoms with Gasteiger partial charge in [0, 0.05) is 24.3 Å². The summed E-state index contributed by atoms with van der Waals surface area (Å²) in [5, 5.41) is 19.3. The van der Waals surface area contributed by atoms with Crippen LogP contribution in [0.5, 0.6) is 0 Å². The summed E-state index contributed by atoms with van der Waals surface area (Å²) in [5.41, 5.74) is 0. The molecule has 2 aliphatic rings. The Morgan fingerprint density at radius 3 is 1.50 bits per heavy atom. The van der Waals surface area contributed by atoms with E-state index in [2.05, 4.69) is 9.47 Å². The minimum atomic E-state index is -2.34. The maximum absolute atomic E-state index is 10.7. The third-order valence-electron chi connectivity index (χ3n) is 1.92. The largest absolute Gasteiger partial charge is 0.418 e. The summed E-state index contributed by atoms with van der Waals surface area (Å²) in [4.78, 5) is 21.4. The van der Waals surface area contributed by atoms with Gasteiger partial charge in [-0.25, -0.2) is 9.59 Å². The molecule has 2 aliphatic heterocycles. The lowest BCUT2D eigenvalue weighted by Gasteiger charge is -2.31. The molecular weight excluding hydrogens is 192 g/mol. The average Bonchev–Trinajstić information content (AvgIpc) is 2.59. The van der Waals surface area contributed by atoms with E-state index in [1.807, 2.05) is 0 Å². The summed E-state index contributed by atoms with van der Waals surface area (Å²) in [6, 6.07) is 0. The number of carbonyl (C=O) groups is 2. The van der Waals surface area contributed by atoms with Crippen molar-refractivity contribution in [1.82, 2.24) is 0 Å². The van der Waals surface area contributed by atoms with E-state index < -0.39 is 23.5 Å². The van der Waals surface area contributed by atoms with Crippen molar-refractivity contribution in [3.8, 4) is 0 Å². The number of cyclic esters (lactones) is 2. The van der Waals surface area contributed by atoms with Gasteiger partial charge in [0.15, 0.2) is 0 Å². The van der Waals surface area contributed by atoms with Crippen molar-refractivity contribution in [2.75, 3.05) is 0 Å². The lowest BCUT2D eigenvalue weighted by Crippen LogP contribution is -2.53. The predicted octanol–water partition coefficient (Wildman–Crippen LogP) is -1.41. The highest BCUT2D eigenvalue weighted by atomic mass is 16.7. The molecule has 0 saturated carbocycles. The molecule has 14 heavy (non-hydrogen) atoms. The predicted molar refractivity (Wildman–Crippen MR) is 40.4 cm³/mol. The molecule has 0 saturated heterocycles. The SMILES string of the molecule is O=C1C=CC(O)(C2(O)C=CC(=O)O2)O1. The highest BCUT2D eigenvalue weighted by Crippen LogP contribution is 2.34. The molecule has 0 aromatic rings. The van der Waals surface area contributed by atoms with Gasteiger partial charge in [-0.2, -0.15) is 0 Å². The molecule has 0 amide bonds. The average molecular weight is 198 g/mol. The molecule has 0 fully saturated rings. The Morgan fingerprint density at radius 2 is 1.29 bits per heavy atom. The third kappa shape index (κ3) is 1.05. The van der Waals surface area contributed by atoms with Crippen LogP contribution in [-0.4, -0.2) is 33.7 Å². The maximum Gasteiger partial charge on any atom is 0.333 e. The molecule has 0 spiro atoms. The Balaban J connectivity index is 2.32. The molecule has 2 unspecified atom stereocenters. The van der Waals surface area contributed by atoms with Crippen molar-refractivity contribution in [2.24, 2.45) is 0 Å². The number of esters is 2. The number of hydrogen-bond donors (Lipinski definition) is 2. The van der Waals surface area contributed by atoms with Crippen LogP contribution in [0.1, 0.15) is 0 Å². The Bertz CT molecular complexity index is 334. The molecule has 2 heterocycles. The molecule has 0 radical (unpaired) electrons. The second-order valence-corrected chi connectivity index (χ2v) is 2.90. The van der Waals surface area contributed by atoms with Crippen molar-refractivity contribution in [1.29, 1.82) is 0 Å². The van der Waals surface area contributed by atoms with E-state index in [1.165, 1.54) is 0 Å². The van der Waals surface area contributed by atoms with Gasteiger partial charge in [0.05, 0.1) is 0 Å². The number of carbonyl (C=O) groups excluding carboxylic acids is 2. The Hall–Kier alpha value is -1.66. The summed E-state index contributed by atoms with van der Waals surface area (Å²) in [6.45, 7) is 0. The van der Waals surface area contributed by atoms with E-state index >= 15 is 0 Å². The van der Waals surface area contributed by atoms with Crippen molar-refractivity contribution in [3.63, 3.8) is 0 Å². The number of aliphatic hydroxyl groups is 2. The third-order valence-corrected chi connectivity index (χ3v) is 1.92. The van der Waals surface area contributed by atoms with E-state index in [4.69, 9.17) is 0 Å². The van der Waals surface area contributed by atoms with Gasteiger partial charge < -0.3 is 19.7 Å². The minimum absolute atomic E-state index is 0.822.